The van der Waals surface area contributed by atoms with Gasteiger partial charge in [-0.05, 0) is 57.3 Å². The highest BCUT2D eigenvalue weighted by atomic mass is 127. The fourth-order valence-corrected chi connectivity index (χ4v) is 3.44. The zero-order valence-electron chi connectivity index (χ0n) is 5.46. The Morgan fingerprint density at radius 1 is 1.33 bits per heavy atom. The molecular formula is C5H2ClI2NO2S. The maximum absolute atomic E-state index is 10.8. The molecule has 0 unspecified atom stereocenters. The van der Waals surface area contributed by atoms with Crippen LogP contribution < -0.4 is 0 Å². The minimum atomic E-state index is -3.70. The molecule has 66 valence electrons. The van der Waals surface area contributed by atoms with Crippen LogP contribution in [0.4, 0.5) is 0 Å². The first-order valence-corrected chi connectivity index (χ1v) is 7.14. The number of pyridine rings is 1. The summed E-state index contributed by atoms with van der Waals surface area (Å²) >= 11 is 3.94. The van der Waals surface area contributed by atoms with E-state index in [1.54, 1.807) is 6.07 Å². The first kappa shape index (κ1) is 10.9. The van der Waals surface area contributed by atoms with Crippen molar-refractivity contribution in [3.63, 3.8) is 0 Å². The Hall–Kier alpha value is 0.850. The van der Waals surface area contributed by atoms with Crippen LogP contribution in [0.5, 0.6) is 0 Å². The molecule has 0 fully saturated rings. The standard InChI is InChI=1S/C5H2ClI2NO2S/c6-12(10,11)5-2-3(7)1-4(8)9-5/h1-2H. The largest absolute Gasteiger partial charge is 0.278 e. The third-order valence-corrected chi connectivity index (χ3v) is 3.34. The van der Waals surface area contributed by atoms with E-state index < -0.39 is 9.05 Å². The SMILES string of the molecule is O=S(=O)(Cl)c1cc(I)cc(I)n1. The molecule has 12 heavy (non-hydrogen) atoms. The Balaban J connectivity index is 3.37. The van der Waals surface area contributed by atoms with Crippen molar-refractivity contribution >= 4 is 64.9 Å². The second kappa shape index (κ2) is 3.93. The molecule has 0 aliphatic heterocycles. The number of hydrogen-bond donors (Lipinski definition) is 0. The summed E-state index contributed by atoms with van der Waals surface area (Å²) in [6, 6.07) is 3.18. The molecule has 1 rings (SSSR count). The van der Waals surface area contributed by atoms with Crippen molar-refractivity contribution in [1.29, 1.82) is 0 Å². The van der Waals surface area contributed by atoms with Gasteiger partial charge in [-0.25, -0.2) is 13.4 Å². The third-order valence-electron chi connectivity index (χ3n) is 0.985. The van der Waals surface area contributed by atoms with E-state index in [2.05, 4.69) is 4.98 Å². The van der Waals surface area contributed by atoms with Crippen molar-refractivity contribution in [3.05, 3.63) is 19.4 Å². The molecule has 0 aromatic carbocycles. The summed E-state index contributed by atoms with van der Waals surface area (Å²) in [4.78, 5) is 3.77. The summed E-state index contributed by atoms with van der Waals surface area (Å²) in [5, 5.41) is -0.0968. The number of halogens is 3. The average Bonchev–Trinajstić information content (AvgIpc) is 1.82. The lowest BCUT2D eigenvalue weighted by Gasteiger charge is -1.97. The topological polar surface area (TPSA) is 47.0 Å². The van der Waals surface area contributed by atoms with E-state index in [1.165, 1.54) is 6.07 Å². The van der Waals surface area contributed by atoms with Crippen molar-refractivity contribution in [3.8, 4) is 0 Å². The van der Waals surface area contributed by atoms with Crippen LogP contribution in [0.25, 0.3) is 0 Å². The summed E-state index contributed by atoms with van der Waals surface area (Å²) < 4.78 is 23.1. The maximum atomic E-state index is 10.8. The highest BCUT2D eigenvalue weighted by Gasteiger charge is 2.12. The molecule has 0 spiro atoms. The molecule has 0 saturated carbocycles. The lowest BCUT2D eigenvalue weighted by Crippen LogP contribution is -1.97. The molecule has 0 radical (unpaired) electrons. The Morgan fingerprint density at radius 2 is 1.92 bits per heavy atom. The van der Waals surface area contributed by atoms with Crippen LogP contribution in [0.15, 0.2) is 17.2 Å². The molecule has 7 heteroatoms. The zero-order chi connectivity index (χ0) is 9.35. The van der Waals surface area contributed by atoms with Gasteiger partial charge in [-0.3, -0.25) is 0 Å². The van der Waals surface area contributed by atoms with Crippen LogP contribution in [0.1, 0.15) is 0 Å². The molecule has 0 aliphatic carbocycles. The molecule has 1 aromatic rings. The van der Waals surface area contributed by atoms with E-state index in [1.807, 2.05) is 45.2 Å². The Morgan fingerprint density at radius 3 is 2.33 bits per heavy atom. The molecule has 1 heterocycles. The van der Waals surface area contributed by atoms with Gasteiger partial charge in [0.05, 0.1) is 0 Å². The normalized spacial score (nSPS) is 11.6. The van der Waals surface area contributed by atoms with Crippen LogP contribution in [-0.4, -0.2) is 13.4 Å². The molecule has 0 saturated heterocycles. The van der Waals surface area contributed by atoms with Crippen LogP contribution in [0.3, 0.4) is 0 Å². The smallest absolute Gasteiger partial charge is 0.229 e. The van der Waals surface area contributed by atoms with Crippen molar-refractivity contribution in [1.82, 2.24) is 4.98 Å². The van der Waals surface area contributed by atoms with Gasteiger partial charge >= 0.3 is 0 Å². The van der Waals surface area contributed by atoms with Gasteiger partial charge in [0.15, 0.2) is 5.03 Å². The molecule has 0 atom stereocenters. The third kappa shape index (κ3) is 2.96. The van der Waals surface area contributed by atoms with Gasteiger partial charge in [0.25, 0.3) is 9.05 Å². The highest BCUT2D eigenvalue weighted by molar-refractivity contribution is 14.1. The highest BCUT2D eigenvalue weighted by Crippen LogP contribution is 2.17. The second-order valence-corrected chi connectivity index (χ2v) is 6.75. The summed E-state index contributed by atoms with van der Waals surface area (Å²) in [6.07, 6.45) is 0. The summed E-state index contributed by atoms with van der Waals surface area (Å²) in [7, 11) is 1.41. The quantitative estimate of drug-likeness (QED) is 0.391. The summed E-state index contributed by atoms with van der Waals surface area (Å²) in [5.74, 6) is 0. The van der Waals surface area contributed by atoms with Crippen molar-refractivity contribution in [2.45, 2.75) is 5.03 Å². The lowest BCUT2D eigenvalue weighted by molar-refractivity contribution is 0.606. The fourth-order valence-electron chi connectivity index (χ4n) is 0.568. The van der Waals surface area contributed by atoms with E-state index >= 15 is 0 Å². The Labute approximate surface area is 102 Å². The molecule has 0 bridgehead atoms. The van der Waals surface area contributed by atoms with Crippen molar-refractivity contribution in [2.24, 2.45) is 0 Å². The van der Waals surface area contributed by atoms with E-state index in [4.69, 9.17) is 10.7 Å². The number of hydrogen-bond acceptors (Lipinski definition) is 3. The van der Waals surface area contributed by atoms with Gasteiger partial charge in [-0.2, -0.15) is 0 Å². The van der Waals surface area contributed by atoms with Crippen LogP contribution in [0.2, 0.25) is 0 Å². The first-order valence-electron chi connectivity index (χ1n) is 2.67. The van der Waals surface area contributed by atoms with Gasteiger partial charge in [-0.15, -0.1) is 0 Å². The van der Waals surface area contributed by atoms with Crippen LogP contribution >= 0.6 is 55.9 Å². The Kier molecular flexibility index (Phi) is 3.58. The summed E-state index contributed by atoms with van der Waals surface area (Å²) in [5.41, 5.74) is 0. The van der Waals surface area contributed by atoms with Gasteiger partial charge in [0.2, 0.25) is 0 Å². The molecule has 3 nitrogen and oxygen atoms in total. The van der Waals surface area contributed by atoms with Gasteiger partial charge < -0.3 is 0 Å². The van der Waals surface area contributed by atoms with E-state index in [-0.39, 0.29) is 5.03 Å². The monoisotopic (exact) mass is 429 g/mol. The molecule has 0 N–H and O–H groups in total. The average molecular weight is 429 g/mol. The van der Waals surface area contributed by atoms with Crippen molar-refractivity contribution < 1.29 is 8.42 Å². The van der Waals surface area contributed by atoms with E-state index in [9.17, 15) is 8.42 Å². The predicted octanol–water partition coefficient (Wildman–Crippen LogP) is 2.22. The molecule has 0 aliphatic rings. The van der Waals surface area contributed by atoms with Gasteiger partial charge in [0.1, 0.15) is 3.70 Å². The minimum Gasteiger partial charge on any atom is -0.229 e. The Bertz CT molecular complexity index is 386. The first-order chi connectivity index (χ1) is 5.39. The molecule has 0 amide bonds. The maximum Gasteiger partial charge on any atom is 0.278 e. The van der Waals surface area contributed by atoms with Gasteiger partial charge in [-0.1, -0.05) is 0 Å². The molecular weight excluding hydrogens is 427 g/mol. The van der Waals surface area contributed by atoms with Gasteiger partial charge in [0, 0.05) is 14.3 Å². The number of aromatic nitrogens is 1. The second-order valence-electron chi connectivity index (χ2n) is 1.88. The summed E-state index contributed by atoms with van der Waals surface area (Å²) in [6.45, 7) is 0. The number of nitrogens with zero attached hydrogens (tertiary/aromatic N) is 1. The van der Waals surface area contributed by atoms with Crippen LogP contribution in [-0.2, 0) is 9.05 Å². The van der Waals surface area contributed by atoms with Crippen molar-refractivity contribution in [2.75, 3.05) is 0 Å². The lowest BCUT2D eigenvalue weighted by atomic mass is 10.5. The minimum absolute atomic E-state index is 0.0968. The van der Waals surface area contributed by atoms with E-state index in [0.717, 1.165) is 3.57 Å². The molecule has 1 aromatic heterocycles. The zero-order valence-corrected chi connectivity index (χ0v) is 11.3. The van der Waals surface area contributed by atoms with Crippen LogP contribution in [0, 0.1) is 7.27 Å². The number of rotatable bonds is 1. The predicted molar refractivity (Wildman–Crippen MR) is 62.7 cm³/mol. The van der Waals surface area contributed by atoms with E-state index in [0.29, 0.717) is 3.70 Å². The fraction of sp³-hybridized carbons (Fsp3) is 0.